The lowest BCUT2D eigenvalue weighted by Gasteiger charge is -2.06. The predicted molar refractivity (Wildman–Crippen MR) is 77.2 cm³/mol. The van der Waals surface area contributed by atoms with E-state index in [4.69, 9.17) is 0 Å². The summed E-state index contributed by atoms with van der Waals surface area (Å²) in [7, 11) is 0. The minimum atomic E-state index is -0.162. The molecule has 0 atom stereocenters. The second kappa shape index (κ2) is 6.69. The van der Waals surface area contributed by atoms with Crippen molar-refractivity contribution in [1.29, 1.82) is 0 Å². The first-order chi connectivity index (χ1) is 9.29. The molecular formula is C16H18N2O. The molecule has 98 valence electrons. The summed E-state index contributed by atoms with van der Waals surface area (Å²) in [6, 6.07) is 15.0. The Morgan fingerprint density at radius 1 is 1.11 bits per heavy atom. The number of benzene rings is 1. The molecule has 1 aromatic carbocycles. The summed E-state index contributed by atoms with van der Waals surface area (Å²) in [4.78, 5) is 16.5. The number of rotatable bonds is 5. The molecule has 0 aliphatic rings. The molecule has 2 aromatic rings. The summed E-state index contributed by atoms with van der Waals surface area (Å²) in [5.41, 5.74) is 2.23. The van der Waals surface area contributed by atoms with Crippen LogP contribution in [0.4, 0.5) is 5.69 Å². The van der Waals surface area contributed by atoms with Crippen molar-refractivity contribution >= 4 is 11.6 Å². The van der Waals surface area contributed by atoms with E-state index in [0.29, 0.717) is 5.69 Å². The summed E-state index contributed by atoms with van der Waals surface area (Å²) in [6.45, 7) is 2.14. The van der Waals surface area contributed by atoms with Crippen molar-refractivity contribution in [2.75, 3.05) is 5.32 Å². The van der Waals surface area contributed by atoms with Gasteiger partial charge in [-0.05, 0) is 37.1 Å². The highest BCUT2D eigenvalue weighted by atomic mass is 16.1. The van der Waals surface area contributed by atoms with Crippen LogP contribution in [0.5, 0.6) is 0 Å². The molecule has 1 amide bonds. The smallest absolute Gasteiger partial charge is 0.274 e. The van der Waals surface area contributed by atoms with E-state index in [9.17, 15) is 4.79 Å². The molecule has 1 aromatic heterocycles. The Morgan fingerprint density at radius 3 is 2.63 bits per heavy atom. The fourth-order valence-corrected chi connectivity index (χ4v) is 1.82. The maximum absolute atomic E-state index is 12.1. The van der Waals surface area contributed by atoms with Crippen molar-refractivity contribution in [3.8, 4) is 0 Å². The van der Waals surface area contributed by atoms with Crippen LogP contribution in [0.15, 0.2) is 48.5 Å². The molecule has 0 aliphatic heterocycles. The van der Waals surface area contributed by atoms with Gasteiger partial charge in [-0.25, -0.2) is 4.98 Å². The van der Waals surface area contributed by atoms with Crippen molar-refractivity contribution in [1.82, 2.24) is 4.98 Å². The Hall–Kier alpha value is -2.16. The van der Waals surface area contributed by atoms with Crippen LogP contribution in [-0.4, -0.2) is 10.9 Å². The first kappa shape index (κ1) is 13.3. The fraction of sp³-hybridized carbons (Fsp3) is 0.250. The van der Waals surface area contributed by atoms with Gasteiger partial charge in [-0.2, -0.15) is 0 Å². The quantitative estimate of drug-likeness (QED) is 0.884. The lowest BCUT2D eigenvalue weighted by atomic mass is 10.2. The molecule has 19 heavy (non-hydrogen) atoms. The maximum atomic E-state index is 12.1. The lowest BCUT2D eigenvalue weighted by Crippen LogP contribution is -2.14. The number of carbonyl (C=O) groups excluding carboxylic acids is 1. The first-order valence-electron chi connectivity index (χ1n) is 6.62. The van der Waals surface area contributed by atoms with Crippen LogP contribution in [-0.2, 0) is 6.42 Å². The van der Waals surface area contributed by atoms with E-state index >= 15 is 0 Å². The van der Waals surface area contributed by atoms with Crippen LogP contribution in [0.3, 0.4) is 0 Å². The van der Waals surface area contributed by atoms with Crippen molar-refractivity contribution in [3.63, 3.8) is 0 Å². The number of nitrogens with zero attached hydrogens (tertiary/aromatic N) is 1. The van der Waals surface area contributed by atoms with Gasteiger partial charge in [-0.15, -0.1) is 0 Å². The maximum Gasteiger partial charge on any atom is 0.274 e. The van der Waals surface area contributed by atoms with Gasteiger partial charge in [0.2, 0.25) is 0 Å². The van der Waals surface area contributed by atoms with E-state index < -0.39 is 0 Å². The fourth-order valence-electron chi connectivity index (χ4n) is 1.82. The van der Waals surface area contributed by atoms with Crippen LogP contribution >= 0.6 is 0 Å². The lowest BCUT2D eigenvalue weighted by molar-refractivity contribution is 0.102. The van der Waals surface area contributed by atoms with Gasteiger partial charge in [0.15, 0.2) is 0 Å². The van der Waals surface area contributed by atoms with Crippen LogP contribution in [0.2, 0.25) is 0 Å². The first-order valence-corrected chi connectivity index (χ1v) is 6.62. The number of anilines is 1. The molecule has 0 fully saturated rings. The number of aromatic nitrogens is 1. The molecule has 3 nitrogen and oxygen atoms in total. The van der Waals surface area contributed by atoms with Gasteiger partial charge >= 0.3 is 0 Å². The highest BCUT2D eigenvalue weighted by Gasteiger charge is 2.08. The van der Waals surface area contributed by atoms with Gasteiger partial charge in [0.1, 0.15) is 5.69 Å². The summed E-state index contributed by atoms with van der Waals surface area (Å²) < 4.78 is 0. The Labute approximate surface area is 113 Å². The molecule has 0 unspecified atom stereocenters. The Bertz CT molecular complexity index is 537. The van der Waals surface area contributed by atoms with Crippen LogP contribution in [0.25, 0.3) is 0 Å². The largest absolute Gasteiger partial charge is 0.321 e. The van der Waals surface area contributed by atoms with Crippen molar-refractivity contribution < 1.29 is 4.79 Å². The number of aryl methyl sites for hydroxylation is 1. The number of hydrogen-bond donors (Lipinski definition) is 1. The summed E-state index contributed by atoms with van der Waals surface area (Å²) in [5, 5.41) is 2.84. The number of nitrogens with one attached hydrogen (secondary N) is 1. The second-order valence-corrected chi connectivity index (χ2v) is 4.44. The summed E-state index contributed by atoms with van der Waals surface area (Å²) >= 11 is 0. The number of amides is 1. The molecule has 0 saturated heterocycles. The van der Waals surface area contributed by atoms with E-state index in [0.717, 1.165) is 30.6 Å². The van der Waals surface area contributed by atoms with Crippen molar-refractivity contribution in [2.24, 2.45) is 0 Å². The molecule has 1 heterocycles. The Balaban J connectivity index is 2.06. The zero-order chi connectivity index (χ0) is 13.5. The van der Waals surface area contributed by atoms with E-state index in [-0.39, 0.29) is 5.91 Å². The molecule has 0 saturated carbocycles. The van der Waals surface area contributed by atoms with Gasteiger partial charge in [0.05, 0.1) is 0 Å². The third-order valence-corrected chi connectivity index (χ3v) is 2.86. The molecular weight excluding hydrogens is 236 g/mol. The molecule has 3 heteroatoms. The standard InChI is InChI=1S/C16H18N2O/c1-2-3-8-13-11-7-12-15(17-13)16(19)18-14-9-5-4-6-10-14/h4-7,9-12H,2-3,8H2,1H3,(H,18,19). The van der Waals surface area contributed by atoms with Crippen LogP contribution < -0.4 is 5.32 Å². The van der Waals surface area contributed by atoms with E-state index in [1.165, 1.54) is 0 Å². The zero-order valence-electron chi connectivity index (χ0n) is 11.1. The molecule has 1 N–H and O–H groups in total. The number of para-hydroxylation sites is 1. The number of carbonyl (C=O) groups is 1. The average Bonchev–Trinajstić information content (AvgIpc) is 2.46. The summed E-state index contributed by atoms with van der Waals surface area (Å²) in [6.07, 6.45) is 3.14. The van der Waals surface area contributed by atoms with E-state index in [1.807, 2.05) is 42.5 Å². The summed E-state index contributed by atoms with van der Waals surface area (Å²) in [5.74, 6) is -0.162. The minimum Gasteiger partial charge on any atom is -0.321 e. The normalized spacial score (nSPS) is 10.2. The van der Waals surface area contributed by atoms with Crippen molar-refractivity contribution in [3.05, 3.63) is 59.9 Å². The van der Waals surface area contributed by atoms with Gasteiger partial charge in [-0.3, -0.25) is 4.79 Å². The molecule has 2 rings (SSSR count). The number of pyridine rings is 1. The monoisotopic (exact) mass is 254 g/mol. The molecule has 0 aliphatic carbocycles. The van der Waals surface area contributed by atoms with E-state index in [1.54, 1.807) is 6.07 Å². The van der Waals surface area contributed by atoms with Gasteiger partial charge in [-0.1, -0.05) is 37.6 Å². The van der Waals surface area contributed by atoms with E-state index in [2.05, 4.69) is 17.2 Å². The van der Waals surface area contributed by atoms with Gasteiger partial charge in [0.25, 0.3) is 5.91 Å². The van der Waals surface area contributed by atoms with Gasteiger partial charge in [0, 0.05) is 11.4 Å². The highest BCUT2D eigenvalue weighted by molar-refractivity contribution is 6.02. The number of unbranched alkanes of at least 4 members (excludes halogenated alkanes) is 1. The predicted octanol–water partition coefficient (Wildman–Crippen LogP) is 3.68. The SMILES string of the molecule is CCCCc1cccc(C(=O)Nc2ccccc2)n1. The molecule has 0 bridgehead atoms. The topological polar surface area (TPSA) is 42.0 Å². The molecule has 0 spiro atoms. The highest BCUT2D eigenvalue weighted by Crippen LogP contribution is 2.09. The zero-order valence-corrected chi connectivity index (χ0v) is 11.1. The Morgan fingerprint density at radius 2 is 1.89 bits per heavy atom. The van der Waals surface area contributed by atoms with Crippen LogP contribution in [0, 0.1) is 0 Å². The minimum absolute atomic E-state index is 0.162. The third-order valence-electron chi connectivity index (χ3n) is 2.86. The Kier molecular flexibility index (Phi) is 4.67. The third kappa shape index (κ3) is 3.91. The average molecular weight is 254 g/mol. The van der Waals surface area contributed by atoms with Crippen molar-refractivity contribution in [2.45, 2.75) is 26.2 Å². The second-order valence-electron chi connectivity index (χ2n) is 4.44. The van der Waals surface area contributed by atoms with Crippen LogP contribution in [0.1, 0.15) is 35.9 Å². The molecule has 0 radical (unpaired) electrons. The van der Waals surface area contributed by atoms with Gasteiger partial charge < -0.3 is 5.32 Å². The number of hydrogen-bond acceptors (Lipinski definition) is 2.